The molecule has 1 aliphatic carbocycles. The summed E-state index contributed by atoms with van der Waals surface area (Å²) in [5.74, 6) is 0.655. The maximum Gasteiger partial charge on any atom is 0.222 e. The van der Waals surface area contributed by atoms with Gasteiger partial charge in [0.1, 0.15) is 0 Å². The molecule has 15 heavy (non-hydrogen) atoms. The lowest BCUT2D eigenvalue weighted by Crippen LogP contribution is -2.36. The summed E-state index contributed by atoms with van der Waals surface area (Å²) in [6, 6.07) is 0. The van der Waals surface area contributed by atoms with Crippen molar-refractivity contribution in [3.63, 3.8) is 0 Å². The molecule has 0 atom stereocenters. The van der Waals surface area contributed by atoms with E-state index >= 15 is 0 Å². The molecular weight excluding hydrogens is 192 g/mol. The van der Waals surface area contributed by atoms with Gasteiger partial charge < -0.3 is 4.74 Å². The lowest BCUT2D eigenvalue weighted by atomic mass is 9.86. The smallest absolute Gasteiger partial charge is 0.222 e. The van der Waals surface area contributed by atoms with E-state index in [2.05, 4.69) is 5.10 Å². The van der Waals surface area contributed by atoms with Crippen molar-refractivity contribution < 1.29 is 9.53 Å². The first-order valence-electron chi connectivity index (χ1n) is 5.47. The lowest BCUT2D eigenvalue weighted by Gasteiger charge is -2.33. The predicted octanol–water partition coefficient (Wildman–Crippen LogP) is 1.65. The van der Waals surface area contributed by atoms with Crippen LogP contribution in [0.1, 0.15) is 36.0 Å². The molecule has 3 rings (SSSR count). The van der Waals surface area contributed by atoms with Gasteiger partial charge in [-0.3, -0.25) is 4.79 Å². The van der Waals surface area contributed by atoms with Gasteiger partial charge in [0.2, 0.25) is 5.88 Å². The molecule has 1 saturated carbocycles. The fourth-order valence-electron chi connectivity index (χ4n) is 2.75. The number of hydrogen-bond acceptors (Lipinski definition) is 3. The van der Waals surface area contributed by atoms with E-state index in [4.69, 9.17) is 4.74 Å². The van der Waals surface area contributed by atoms with Crippen LogP contribution >= 0.6 is 0 Å². The van der Waals surface area contributed by atoms with Crippen molar-refractivity contribution in [2.45, 2.75) is 32.2 Å². The quantitative estimate of drug-likeness (QED) is 0.656. The Morgan fingerprint density at radius 3 is 3.00 bits per heavy atom. The minimum absolute atomic E-state index is 0.291. The molecule has 0 saturated heterocycles. The monoisotopic (exact) mass is 206 g/mol. The van der Waals surface area contributed by atoms with Gasteiger partial charge in [-0.05, 0) is 12.8 Å². The van der Waals surface area contributed by atoms with Crippen molar-refractivity contribution in [2.75, 3.05) is 6.61 Å². The Labute approximate surface area is 88.2 Å². The molecule has 4 nitrogen and oxygen atoms in total. The normalized spacial score (nSPS) is 22.4. The summed E-state index contributed by atoms with van der Waals surface area (Å²) in [5.41, 5.74) is 0.863. The second-order valence-electron chi connectivity index (χ2n) is 4.68. The van der Waals surface area contributed by atoms with Gasteiger partial charge in [0.15, 0.2) is 6.29 Å². The Balaban J connectivity index is 1.93. The van der Waals surface area contributed by atoms with Crippen molar-refractivity contribution in [3.05, 3.63) is 11.8 Å². The molecule has 1 fully saturated rings. The number of fused-ring (bicyclic) bond motifs is 1. The molecule has 0 unspecified atom stereocenters. The summed E-state index contributed by atoms with van der Waals surface area (Å²) in [5, 5.41) is 4.21. The number of aromatic nitrogens is 2. The van der Waals surface area contributed by atoms with Crippen molar-refractivity contribution in [2.24, 2.45) is 5.41 Å². The third kappa shape index (κ3) is 1.28. The molecule has 0 amide bonds. The molecule has 1 aromatic heterocycles. The molecular formula is C11H14N2O2. The summed E-state index contributed by atoms with van der Waals surface area (Å²) in [7, 11) is 0. The van der Waals surface area contributed by atoms with Gasteiger partial charge >= 0.3 is 0 Å². The van der Waals surface area contributed by atoms with Crippen LogP contribution in [0.5, 0.6) is 5.88 Å². The number of rotatable bonds is 1. The van der Waals surface area contributed by atoms with Gasteiger partial charge in [0.05, 0.1) is 24.9 Å². The number of nitrogens with zero attached hydrogens (tertiary/aromatic N) is 2. The summed E-state index contributed by atoms with van der Waals surface area (Å²) >= 11 is 0. The summed E-state index contributed by atoms with van der Waals surface area (Å²) in [4.78, 5) is 10.7. The maximum absolute atomic E-state index is 10.7. The number of carbonyl (C=O) groups excluding carboxylic acids is 1. The van der Waals surface area contributed by atoms with Crippen LogP contribution in [0, 0.1) is 5.41 Å². The first-order chi connectivity index (χ1) is 7.33. The largest absolute Gasteiger partial charge is 0.477 e. The highest BCUT2D eigenvalue weighted by atomic mass is 16.5. The number of ether oxygens (including phenoxy) is 1. The van der Waals surface area contributed by atoms with Crippen molar-refractivity contribution in [3.8, 4) is 5.88 Å². The van der Waals surface area contributed by atoms with Crippen molar-refractivity contribution in [1.82, 2.24) is 9.78 Å². The van der Waals surface area contributed by atoms with Gasteiger partial charge in [-0.2, -0.15) is 5.10 Å². The maximum atomic E-state index is 10.7. The zero-order valence-corrected chi connectivity index (χ0v) is 8.61. The Bertz CT molecular complexity index is 391. The van der Waals surface area contributed by atoms with Crippen molar-refractivity contribution >= 4 is 6.29 Å². The standard InChI is InChI=1S/C11H14N2O2/c14-6-9-5-12-13-7-11(3-1-2-4-11)8-15-10(9)13/h5-6H,1-4,7-8H2. The molecule has 1 aliphatic heterocycles. The van der Waals surface area contributed by atoms with E-state index in [9.17, 15) is 4.79 Å². The van der Waals surface area contributed by atoms with Crippen LogP contribution < -0.4 is 4.74 Å². The molecule has 0 aromatic carbocycles. The molecule has 80 valence electrons. The molecule has 1 spiro atoms. The third-order valence-corrected chi connectivity index (χ3v) is 3.61. The first kappa shape index (κ1) is 8.95. The molecule has 0 N–H and O–H groups in total. The zero-order valence-electron chi connectivity index (χ0n) is 8.61. The van der Waals surface area contributed by atoms with E-state index < -0.39 is 0 Å². The number of aldehydes is 1. The van der Waals surface area contributed by atoms with E-state index in [1.54, 1.807) is 6.20 Å². The van der Waals surface area contributed by atoms with Crippen LogP contribution in [0.2, 0.25) is 0 Å². The van der Waals surface area contributed by atoms with Gasteiger partial charge in [-0.15, -0.1) is 0 Å². The Morgan fingerprint density at radius 2 is 2.27 bits per heavy atom. The van der Waals surface area contributed by atoms with Crippen LogP contribution in [0.4, 0.5) is 0 Å². The molecule has 0 bridgehead atoms. The average Bonchev–Trinajstić information content (AvgIpc) is 2.85. The van der Waals surface area contributed by atoms with Gasteiger partial charge in [0.25, 0.3) is 0 Å². The van der Waals surface area contributed by atoms with Gasteiger partial charge in [-0.25, -0.2) is 4.68 Å². The van der Waals surface area contributed by atoms with Crippen LogP contribution in [-0.2, 0) is 6.54 Å². The highest BCUT2D eigenvalue weighted by Gasteiger charge is 2.39. The second kappa shape index (κ2) is 3.08. The van der Waals surface area contributed by atoms with E-state index in [1.807, 2.05) is 4.68 Å². The highest BCUT2D eigenvalue weighted by molar-refractivity contribution is 5.77. The van der Waals surface area contributed by atoms with Crippen molar-refractivity contribution in [1.29, 1.82) is 0 Å². The second-order valence-corrected chi connectivity index (χ2v) is 4.68. The van der Waals surface area contributed by atoms with Crippen LogP contribution in [0.15, 0.2) is 6.20 Å². The fraction of sp³-hybridized carbons (Fsp3) is 0.636. The first-order valence-corrected chi connectivity index (χ1v) is 5.47. The Kier molecular flexibility index (Phi) is 1.84. The van der Waals surface area contributed by atoms with Gasteiger partial charge in [0, 0.05) is 5.41 Å². The number of carbonyl (C=O) groups is 1. The Morgan fingerprint density at radius 1 is 1.47 bits per heavy atom. The van der Waals surface area contributed by atoms with E-state index in [0.29, 0.717) is 16.9 Å². The molecule has 1 aromatic rings. The SMILES string of the molecule is O=Cc1cnn2c1OCC1(CCCC1)C2. The minimum Gasteiger partial charge on any atom is -0.477 e. The summed E-state index contributed by atoms with van der Waals surface area (Å²) in [6.07, 6.45) is 7.44. The zero-order chi connectivity index (χ0) is 10.3. The predicted molar refractivity (Wildman–Crippen MR) is 54.0 cm³/mol. The third-order valence-electron chi connectivity index (χ3n) is 3.61. The molecule has 2 heterocycles. The fourth-order valence-corrected chi connectivity index (χ4v) is 2.75. The lowest BCUT2D eigenvalue weighted by molar-refractivity contribution is 0.0733. The summed E-state index contributed by atoms with van der Waals surface area (Å²) < 4.78 is 7.54. The summed E-state index contributed by atoms with van der Waals surface area (Å²) in [6.45, 7) is 1.66. The van der Waals surface area contributed by atoms with E-state index in [-0.39, 0.29) is 0 Å². The minimum atomic E-state index is 0.291. The topological polar surface area (TPSA) is 44.1 Å². The van der Waals surface area contributed by atoms with Crippen LogP contribution in [0.25, 0.3) is 0 Å². The van der Waals surface area contributed by atoms with E-state index in [1.165, 1.54) is 25.7 Å². The molecule has 2 aliphatic rings. The Hall–Kier alpha value is -1.32. The van der Waals surface area contributed by atoms with Crippen LogP contribution in [-0.4, -0.2) is 22.7 Å². The van der Waals surface area contributed by atoms with E-state index in [0.717, 1.165) is 19.4 Å². The van der Waals surface area contributed by atoms with Crippen LogP contribution in [0.3, 0.4) is 0 Å². The highest BCUT2D eigenvalue weighted by Crippen LogP contribution is 2.43. The molecule has 4 heteroatoms. The average molecular weight is 206 g/mol. The van der Waals surface area contributed by atoms with Gasteiger partial charge in [-0.1, -0.05) is 12.8 Å². The number of hydrogen-bond donors (Lipinski definition) is 0. The molecule has 0 radical (unpaired) electrons.